The second-order valence-electron chi connectivity index (χ2n) is 2.66. The molecule has 0 aromatic carbocycles. The summed E-state index contributed by atoms with van der Waals surface area (Å²) in [6.07, 6.45) is 0.361. The van der Waals surface area contributed by atoms with Gasteiger partial charge in [0.15, 0.2) is 5.03 Å². The van der Waals surface area contributed by atoms with E-state index in [4.69, 9.17) is 5.11 Å². The molecule has 0 radical (unpaired) electrons. The van der Waals surface area contributed by atoms with Gasteiger partial charge in [-0.2, -0.15) is 5.10 Å². The molecule has 0 bridgehead atoms. The van der Waals surface area contributed by atoms with Gasteiger partial charge in [-0.05, 0) is 6.42 Å². The maximum atomic E-state index is 11.2. The van der Waals surface area contributed by atoms with E-state index < -0.39 is 22.5 Å². The third-order valence-electron chi connectivity index (χ3n) is 1.58. The number of aromatic nitrogens is 3. The minimum absolute atomic E-state index is 0.0520. The molecule has 0 aliphatic carbocycles. The third kappa shape index (κ3) is 2.94. The molecule has 8 heteroatoms. The molecule has 0 unspecified atom stereocenters. The molecule has 0 fully saturated rings. The summed E-state index contributed by atoms with van der Waals surface area (Å²) in [5, 5.41) is 13.4. The zero-order valence-electron chi connectivity index (χ0n) is 7.81. The van der Waals surface area contributed by atoms with E-state index in [1.807, 2.05) is 10.1 Å². The fraction of sp³-hybridized carbons (Fsp3) is 0.429. The van der Waals surface area contributed by atoms with Crippen molar-refractivity contribution in [3.05, 3.63) is 20.8 Å². The van der Waals surface area contributed by atoms with Gasteiger partial charge in [-0.25, -0.2) is 9.89 Å². The Morgan fingerprint density at radius 2 is 2.27 bits per heavy atom. The number of carbonyl (C=O) groups is 1. The van der Waals surface area contributed by atoms with Crippen molar-refractivity contribution in [1.29, 1.82) is 0 Å². The van der Waals surface area contributed by atoms with Crippen molar-refractivity contribution in [2.24, 2.45) is 0 Å². The van der Waals surface area contributed by atoms with Crippen LogP contribution in [0.1, 0.15) is 13.3 Å². The number of H-pyrrole nitrogens is 2. The number of rotatable bonds is 4. The monoisotopic (exact) mass is 231 g/mol. The summed E-state index contributed by atoms with van der Waals surface area (Å²) in [5.41, 5.74) is -1.39. The Balaban J connectivity index is 2.94. The van der Waals surface area contributed by atoms with Gasteiger partial charge in [0.25, 0.3) is 5.56 Å². The number of thioether (sulfide) groups is 1. The highest BCUT2D eigenvalue weighted by Crippen LogP contribution is 2.19. The van der Waals surface area contributed by atoms with Crippen LogP contribution in [-0.4, -0.2) is 31.5 Å². The number of carboxylic acid groups (broad SMARTS) is 1. The molecule has 1 atom stereocenters. The molecule has 1 aromatic heterocycles. The molecule has 82 valence electrons. The van der Waals surface area contributed by atoms with Crippen LogP contribution in [0.5, 0.6) is 0 Å². The lowest BCUT2D eigenvalue weighted by Crippen LogP contribution is -2.27. The molecule has 15 heavy (non-hydrogen) atoms. The molecule has 0 saturated heterocycles. The number of carboxylic acids is 1. The fourth-order valence-electron chi connectivity index (χ4n) is 0.860. The third-order valence-corrected chi connectivity index (χ3v) is 2.90. The fourth-order valence-corrected chi connectivity index (χ4v) is 1.65. The smallest absolute Gasteiger partial charge is 0.342 e. The van der Waals surface area contributed by atoms with Crippen LogP contribution in [0.15, 0.2) is 14.6 Å². The molecular formula is C7H9N3O4S. The van der Waals surface area contributed by atoms with Crippen molar-refractivity contribution < 1.29 is 9.90 Å². The second-order valence-corrected chi connectivity index (χ2v) is 3.86. The van der Waals surface area contributed by atoms with Crippen molar-refractivity contribution in [1.82, 2.24) is 15.2 Å². The van der Waals surface area contributed by atoms with Crippen LogP contribution in [0.2, 0.25) is 0 Å². The van der Waals surface area contributed by atoms with E-state index in [1.54, 1.807) is 6.92 Å². The Labute approximate surface area is 87.9 Å². The molecule has 0 spiro atoms. The number of nitrogens with zero attached hydrogens (tertiary/aromatic N) is 1. The van der Waals surface area contributed by atoms with Gasteiger partial charge < -0.3 is 5.11 Å². The lowest BCUT2D eigenvalue weighted by atomic mass is 10.3. The molecule has 1 heterocycles. The molecule has 3 N–H and O–H groups in total. The Bertz CT molecular complexity index is 466. The summed E-state index contributed by atoms with van der Waals surface area (Å²) in [7, 11) is 0. The van der Waals surface area contributed by atoms with Crippen LogP contribution in [-0.2, 0) is 4.79 Å². The topological polar surface area (TPSA) is 116 Å². The van der Waals surface area contributed by atoms with Gasteiger partial charge in [-0.15, -0.1) is 0 Å². The Hall–Kier alpha value is -1.57. The van der Waals surface area contributed by atoms with Crippen molar-refractivity contribution in [3.63, 3.8) is 0 Å². The average Bonchev–Trinajstić information content (AvgIpc) is 2.16. The van der Waals surface area contributed by atoms with Crippen LogP contribution in [0, 0.1) is 0 Å². The first kappa shape index (κ1) is 11.5. The van der Waals surface area contributed by atoms with E-state index in [1.165, 1.54) is 0 Å². The zero-order valence-corrected chi connectivity index (χ0v) is 8.63. The van der Waals surface area contributed by atoms with E-state index in [-0.39, 0.29) is 5.03 Å². The van der Waals surface area contributed by atoms with Gasteiger partial charge in [-0.1, -0.05) is 18.7 Å². The van der Waals surface area contributed by atoms with E-state index in [9.17, 15) is 14.4 Å². The van der Waals surface area contributed by atoms with E-state index in [0.29, 0.717) is 6.42 Å². The van der Waals surface area contributed by atoms with Gasteiger partial charge in [0, 0.05) is 0 Å². The largest absolute Gasteiger partial charge is 0.480 e. The normalized spacial score (nSPS) is 12.3. The van der Waals surface area contributed by atoms with Crippen LogP contribution < -0.4 is 11.2 Å². The summed E-state index contributed by atoms with van der Waals surface area (Å²) >= 11 is 0.808. The number of aromatic amines is 2. The predicted molar refractivity (Wildman–Crippen MR) is 53.1 cm³/mol. The van der Waals surface area contributed by atoms with Gasteiger partial charge in [-0.3, -0.25) is 14.6 Å². The highest BCUT2D eigenvalue weighted by Gasteiger charge is 2.19. The van der Waals surface area contributed by atoms with Crippen LogP contribution in [0.4, 0.5) is 0 Å². The molecule has 7 nitrogen and oxygen atoms in total. The Morgan fingerprint density at radius 3 is 2.73 bits per heavy atom. The van der Waals surface area contributed by atoms with E-state index >= 15 is 0 Å². The summed E-state index contributed by atoms with van der Waals surface area (Å²) in [4.78, 5) is 34.4. The van der Waals surface area contributed by atoms with Gasteiger partial charge in [0.2, 0.25) is 0 Å². The Kier molecular flexibility index (Phi) is 3.67. The average molecular weight is 231 g/mol. The highest BCUT2D eigenvalue weighted by atomic mass is 32.2. The van der Waals surface area contributed by atoms with Gasteiger partial charge in [0.1, 0.15) is 5.25 Å². The van der Waals surface area contributed by atoms with E-state index in [2.05, 4.69) is 5.10 Å². The number of hydrogen-bond acceptors (Lipinski definition) is 5. The summed E-state index contributed by atoms with van der Waals surface area (Å²) in [6, 6.07) is 0. The molecule has 1 aromatic rings. The first-order chi connectivity index (χ1) is 7.04. The second kappa shape index (κ2) is 4.78. The van der Waals surface area contributed by atoms with Crippen molar-refractivity contribution in [2.75, 3.05) is 0 Å². The lowest BCUT2D eigenvalue weighted by molar-refractivity contribution is -0.136. The summed E-state index contributed by atoms with van der Waals surface area (Å²) < 4.78 is 0. The van der Waals surface area contributed by atoms with Gasteiger partial charge >= 0.3 is 11.7 Å². The maximum absolute atomic E-state index is 11.2. The molecule has 1 rings (SSSR count). The zero-order chi connectivity index (χ0) is 11.4. The number of aliphatic carboxylic acids is 1. The van der Waals surface area contributed by atoms with Crippen LogP contribution >= 0.6 is 11.8 Å². The predicted octanol–water partition coefficient (Wildman–Crippen LogP) is -0.587. The van der Waals surface area contributed by atoms with Crippen LogP contribution in [0.3, 0.4) is 0 Å². The number of nitrogens with one attached hydrogen (secondary N) is 2. The molecule has 0 saturated carbocycles. The summed E-state index contributed by atoms with van der Waals surface area (Å²) in [5.74, 6) is -1.02. The minimum Gasteiger partial charge on any atom is -0.480 e. The van der Waals surface area contributed by atoms with Crippen molar-refractivity contribution in [3.8, 4) is 0 Å². The van der Waals surface area contributed by atoms with Crippen molar-refractivity contribution >= 4 is 17.7 Å². The quantitative estimate of drug-likeness (QED) is 0.596. The van der Waals surface area contributed by atoms with E-state index in [0.717, 1.165) is 11.8 Å². The minimum atomic E-state index is -1.02. The molecule has 0 amide bonds. The molecule has 0 aliphatic heterocycles. The first-order valence-corrected chi connectivity index (χ1v) is 5.01. The lowest BCUT2D eigenvalue weighted by Gasteiger charge is -2.06. The van der Waals surface area contributed by atoms with Crippen LogP contribution in [0.25, 0.3) is 0 Å². The summed E-state index contributed by atoms with van der Waals surface area (Å²) in [6.45, 7) is 1.69. The maximum Gasteiger partial charge on any atom is 0.342 e. The van der Waals surface area contributed by atoms with Gasteiger partial charge in [0.05, 0.1) is 0 Å². The first-order valence-electron chi connectivity index (χ1n) is 4.13. The molecular weight excluding hydrogens is 222 g/mol. The standard InChI is InChI=1S/C7H9N3O4S/c1-2-3(6(12)13)15-5-4(11)8-7(14)10-9-5/h3H,2H2,1H3,(H,12,13)(H2,8,10,11,14)/t3-/m1/s1. The number of hydrogen-bond donors (Lipinski definition) is 3. The SMILES string of the molecule is CC[C@@H](Sc1n[nH]c(=O)[nH]c1=O)C(=O)O. The Morgan fingerprint density at radius 1 is 1.60 bits per heavy atom. The molecule has 0 aliphatic rings. The van der Waals surface area contributed by atoms with Crippen molar-refractivity contribution in [2.45, 2.75) is 23.6 Å². The highest BCUT2D eigenvalue weighted by molar-refractivity contribution is 8.00.